The Morgan fingerprint density at radius 1 is 1.29 bits per heavy atom. The van der Waals surface area contributed by atoms with E-state index in [2.05, 4.69) is 10.6 Å². The Morgan fingerprint density at radius 3 is 2.29 bits per heavy atom. The normalized spacial score (nSPS) is 10.4. The molecule has 0 aliphatic rings. The van der Waals surface area contributed by atoms with Crippen LogP contribution in [0.25, 0.3) is 0 Å². The number of nitrogens with one attached hydrogen (secondary N) is 2. The third kappa shape index (κ3) is 7.29. The molecule has 0 fully saturated rings. The van der Waals surface area contributed by atoms with Crippen molar-refractivity contribution in [3.8, 4) is 0 Å². The van der Waals surface area contributed by atoms with E-state index in [4.69, 9.17) is 5.11 Å². The molecule has 3 amide bonds. The first-order valence-corrected chi connectivity index (χ1v) is 5.34. The zero-order valence-electron chi connectivity index (χ0n) is 10.3. The highest BCUT2D eigenvalue weighted by atomic mass is 16.4. The number of urea groups is 1. The summed E-state index contributed by atoms with van der Waals surface area (Å²) in [7, 11) is 1.41. The van der Waals surface area contributed by atoms with Gasteiger partial charge in [0.1, 0.15) is 0 Å². The first kappa shape index (κ1) is 15.4. The van der Waals surface area contributed by atoms with Gasteiger partial charge in [0.05, 0.1) is 6.54 Å². The molecular weight excluding hydrogens is 226 g/mol. The fourth-order valence-electron chi connectivity index (χ4n) is 1.19. The molecule has 0 saturated heterocycles. The Bertz CT molecular complexity index is 291. The molecule has 98 valence electrons. The fourth-order valence-corrected chi connectivity index (χ4v) is 1.19. The van der Waals surface area contributed by atoms with Gasteiger partial charge in [0.15, 0.2) is 0 Å². The number of rotatable bonds is 6. The van der Waals surface area contributed by atoms with Crippen molar-refractivity contribution >= 4 is 17.9 Å². The summed E-state index contributed by atoms with van der Waals surface area (Å²) < 4.78 is 0. The van der Waals surface area contributed by atoms with E-state index in [1.807, 2.05) is 13.8 Å². The number of carboxylic acids is 1. The second-order valence-corrected chi connectivity index (χ2v) is 3.84. The zero-order valence-corrected chi connectivity index (χ0v) is 10.3. The third-order valence-electron chi connectivity index (χ3n) is 2.17. The van der Waals surface area contributed by atoms with Crippen LogP contribution in [0.5, 0.6) is 0 Å². The number of aliphatic carboxylic acids is 1. The lowest BCUT2D eigenvalue weighted by Crippen LogP contribution is -2.41. The summed E-state index contributed by atoms with van der Waals surface area (Å²) in [5, 5.41) is 13.0. The Morgan fingerprint density at radius 2 is 1.88 bits per heavy atom. The smallest absolute Gasteiger partial charge is 0.321 e. The topological polar surface area (TPSA) is 98.7 Å². The predicted molar refractivity (Wildman–Crippen MR) is 61.6 cm³/mol. The van der Waals surface area contributed by atoms with Crippen molar-refractivity contribution in [2.75, 3.05) is 20.1 Å². The molecule has 3 N–H and O–H groups in total. The van der Waals surface area contributed by atoms with Crippen LogP contribution in [0.3, 0.4) is 0 Å². The molecular formula is C10H19N3O4. The van der Waals surface area contributed by atoms with Gasteiger partial charge in [-0.05, 0) is 13.8 Å². The van der Waals surface area contributed by atoms with E-state index in [1.54, 1.807) is 4.90 Å². The second-order valence-electron chi connectivity index (χ2n) is 3.84. The number of carboxylic acid groups (broad SMARTS) is 1. The first-order chi connectivity index (χ1) is 7.86. The van der Waals surface area contributed by atoms with Crippen LogP contribution in [0.15, 0.2) is 0 Å². The van der Waals surface area contributed by atoms with Gasteiger partial charge in [-0.1, -0.05) is 0 Å². The summed E-state index contributed by atoms with van der Waals surface area (Å²) in [6.07, 6.45) is 0.0822. The van der Waals surface area contributed by atoms with Crippen LogP contribution in [0.2, 0.25) is 0 Å². The molecule has 0 aliphatic carbocycles. The minimum absolute atomic E-state index is 0.0268. The lowest BCUT2D eigenvalue weighted by Gasteiger charge is -2.23. The van der Waals surface area contributed by atoms with E-state index in [0.29, 0.717) is 6.54 Å². The molecule has 7 heteroatoms. The summed E-state index contributed by atoms with van der Waals surface area (Å²) in [6, 6.07) is -0.539. The molecule has 0 rings (SSSR count). The lowest BCUT2D eigenvalue weighted by molar-refractivity contribution is -0.139. The van der Waals surface area contributed by atoms with E-state index in [1.165, 1.54) is 7.05 Å². The SMILES string of the molecule is CNC(=O)NC(=O)CCN(CC(=O)O)C(C)C. The average molecular weight is 245 g/mol. The summed E-state index contributed by atoms with van der Waals surface area (Å²) in [6.45, 7) is 3.87. The van der Waals surface area contributed by atoms with Crippen LogP contribution in [0, 0.1) is 0 Å². The molecule has 0 spiro atoms. The predicted octanol–water partition coefficient (Wildman–Crippen LogP) is -0.373. The molecule has 17 heavy (non-hydrogen) atoms. The maximum Gasteiger partial charge on any atom is 0.321 e. The van der Waals surface area contributed by atoms with Gasteiger partial charge in [-0.15, -0.1) is 0 Å². The Kier molecular flexibility index (Phi) is 6.88. The largest absolute Gasteiger partial charge is 0.480 e. The number of hydrogen-bond acceptors (Lipinski definition) is 4. The maximum atomic E-state index is 11.3. The van der Waals surface area contributed by atoms with Gasteiger partial charge in [-0.2, -0.15) is 0 Å². The van der Waals surface area contributed by atoms with Crippen molar-refractivity contribution < 1.29 is 19.5 Å². The molecule has 0 atom stereocenters. The molecule has 0 aromatic rings. The van der Waals surface area contributed by atoms with E-state index in [9.17, 15) is 14.4 Å². The fraction of sp³-hybridized carbons (Fsp3) is 0.700. The van der Waals surface area contributed by atoms with Crippen LogP contribution < -0.4 is 10.6 Å². The van der Waals surface area contributed by atoms with Crippen LogP contribution in [-0.2, 0) is 9.59 Å². The molecule has 0 aliphatic heterocycles. The summed E-state index contributed by atoms with van der Waals surface area (Å²) in [5.74, 6) is -1.37. The minimum atomic E-state index is -0.939. The highest BCUT2D eigenvalue weighted by Gasteiger charge is 2.15. The van der Waals surface area contributed by atoms with Gasteiger partial charge in [0.25, 0.3) is 0 Å². The second kappa shape index (κ2) is 7.61. The highest BCUT2D eigenvalue weighted by molar-refractivity contribution is 5.94. The van der Waals surface area contributed by atoms with Gasteiger partial charge >= 0.3 is 12.0 Å². The molecule has 0 heterocycles. The van der Waals surface area contributed by atoms with Crippen molar-refractivity contribution in [2.45, 2.75) is 26.3 Å². The van der Waals surface area contributed by atoms with Gasteiger partial charge in [-0.25, -0.2) is 4.79 Å². The summed E-state index contributed by atoms with van der Waals surface area (Å²) >= 11 is 0. The number of imide groups is 1. The Labute approximate surface area is 100 Å². The van der Waals surface area contributed by atoms with Crippen LogP contribution in [-0.4, -0.2) is 54.1 Å². The number of hydrogen-bond donors (Lipinski definition) is 3. The van der Waals surface area contributed by atoms with Crippen LogP contribution in [0.4, 0.5) is 4.79 Å². The maximum absolute atomic E-state index is 11.3. The Hall–Kier alpha value is -1.63. The van der Waals surface area contributed by atoms with E-state index in [-0.39, 0.29) is 19.0 Å². The highest BCUT2D eigenvalue weighted by Crippen LogP contribution is 1.99. The zero-order chi connectivity index (χ0) is 13.4. The molecule has 0 aromatic carbocycles. The quantitative estimate of drug-likeness (QED) is 0.593. The lowest BCUT2D eigenvalue weighted by atomic mass is 10.2. The van der Waals surface area contributed by atoms with Gasteiger partial charge in [0, 0.05) is 26.1 Å². The van der Waals surface area contributed by atoms with Gasteiger partial charge in [-0.3, -0.25) is 19.8 Å². The molecule has 0 saturated carbocycles. The molecule has 0 bridgehead atoms. The number of nitrogens with zero attached hydrogens (tertiary/aromatic N) is 1. The first-order valence-electron chi connectivity index (χ1n) is 5.34. The van der Waals surface area contributed by atoms with E-state index in [0.717, 1.165) is 0 Å². The average Bonchev–Trinajstić information content (AvgIpc) is 2.23. The van der Waals surface area contributed by atoms with Gasteiger partial charge in [0.2, 0.25) is 5.91 Å². The van der Waals surface area contributed by atoms with Crippen LogP contribution >= 0.6 is 0 Å². The molecule has 0 aromatic heterocycles. The molecule has 0 unspecified atom stereocenters. The standard InChI is InChI=1S/C10H19N3O4/c1-7(2)13(6-9(15)16)5-4-8(14)12-10(17)11-3/h7H,4-6H2,1-3H3,(H,15,16)(H2,11,12,14,17). The summed E-state index contributed by atoms with van der Waals surface area (Å²) in [4.78, 5) is 34.3. The monoisotopic (exact) mass is 245 g/mol. The molecule has 0 radical (unpaired) electrons. The van der Waals surface area contributed by atoms with Crippen molar-refractivity contribution in [2.24, 2.45) is 0 Å². The van der Waals surface area contributed by atoms with Crippen LogP contribution in [0.1, 0.15) is 20.3 Å². The van der Waals surface area contributed by atoms with Gasteiger partial charge < -0.3 is 10.4 Å². The number of carbonyl (C=O) groups excluding carboxylic acids is 2. The van der Waals surface area contributed by atoms with Crippen molar-refractivity contribution in [1.29, 1.82) is 0 Å². The van der Waals surface area contributed by atoms with Crippen molar-refractivity contribution in [3.63, 3.8) is 0 Å². The number of amides is 3. The third-order valence-corrected chi connectivity index (χ3v) is 2.17. The summed E-state index contributed by atoms with van der Waals surface area (Å²) in [5.41, 5.74) is 0. The van der Waals surface area contributed by atoms with Crippen molar-refractivity contribution in [1.82, 2.24) is 15.5 Å². The van der Waals surface area contributed by atoms with E-state index >= 15 is 0 Å². The number of carbonyl (C=O) groups is 3. The Balaban J connectivity index is 4.08. The minimum Gasteiger partial charge on any atom is -0.480 e. The van der Waals surface area contributed by atoms with Crippen molar-refractivity contribution in [3.05, 3.63) is 0 Å². The molecule has 7 nitrogen and oxygen atoms in total. The van der Waals surface area contributed by atoms with E-state index < -0.39 is 17.9 Å².